The molecule has 0 aromatic heterocycles. The van der Waals surface area contributed by atoms with E-state index in [4.69, 9.17) is 11.6 Å². The van der Waals surface area contributed by atoms with Crippen LogP contribution in [0.15, 0.2) is 12.1 Å². The fraction of sp³-hybridized carbons (Fsp3) is 0.125. The lowest BCUT2D eigenvalue weighted by molar-refractivity contribution is 0.101. The average molecular weight is 191 g/mol. The highest BCUT2D eigenvalue weighted by Gasteiger charge is 2.13. The quantitative estimate of drug-likeness (QED) is 0.492. The lowest BCUT2D eigenvalue weighted by Crippen LogP contribution is -1.98. The molecule has 0 amide bonds. The minimum Gasteiger partial charge on any atom is -0.294 e. The summed E-state index contributed by atoms with van der Waals surface area (Å²) < 4.78 is 25.5. The first-order valence-electron chi connectivity index (χ1n) is 3.18. The van der Waals surface area contributed by atoms with Crippen LogP contribution in [0.4, 0.5) is 8.78 Å². The van der Waals surface area contributed by atoms with Gasteiger partial charge in [0.05, 0.1) is 5.56 Å². The van der Waals surface area contributed by atoms with Crippen LogP contribution in [0.25, 0.3) is 0 Å². The van der Waals surface area contributed by atoms with Crippen LogP contribution in [0.5, 0.6) is 0 Å². The predicted molar refractivity (Wildman–Crippen MR) is 41.4 cm³/mol. The molecule has 12 heavy (non-hydrogen) atoms. The van der Waals surface area contributed by atoms with Gasteiger partial charge >= 0.3 is 0 Å². The fourth-order valence-corrected chi connectivity index (χ4v) is 0.963. The zero-order chi connectivity index (χ0) is 9.30. The van der Waals surface area contributed by atoms with Gasteiger partial charge in [-0.2, -0.15) is 0 Å². The molecule has 4 heteroatoms. The Kier molecular flexibility index (Phi) is 2.43. The molecule has 0 saturated carbocycles. The maximum absolute atomic E-state index is 12.9. The van der Waals surface area contributed by atoms with Crippen molar-refractivity contribution in [1.29, 1.82) is 0 Å². The Labute approximate surface area is 73.0 Å². The molecule has 0 aliphatic heterocycles. The second kappa shape index (κ2) is 3.19. The number of carbonyl (C=O) groups is 1. The maximum atomic E-state index is 12.9. The highest BCUT2D eigenvalue weighted by atomic mass is 35.5. The van der Waals surface area contributed by atoms with Gasteiger partial charge in [0.1, 0.15) is 10.8 Å². The molecule has 0 aliphatic rings. The van der Waals surface area contributed by atoms with Gasteiger partial charge in [-0.1, -0.05) is 11.6 Å². The first-order chi connectivity index (χ1) is 5.54. The molecule has 1 nitrogen and oxygen atoms in total. The van der Waals surface area contributed by atoms with Crippen LogP contribution in [-0.2, 0) is 0 Å². The first kappa shape index (κ1) is 9.13. The molecule has 0 aliphatic carbocycles. The molecule has 0 N–H and O–H groups in total. The monoisotopic (exact) mass is 190 g/mol. The van der Waals surface area contributed by atoms with Crippen molar-refractivity contribution in [2.75, 3.05) is 0 Å². The molecule has 0 fully saturated rings. The largest absolute Gasteiger partial charge is 0.294 e. The number of ketones is 1. The third-order valence-electron chi connectivity index (χ3n) is 1.41. The third kappa shape index (κ3) is 1.46. The fourth-order valence-electron chi connectivity index (χ4n) is 0.798. The zero-order valence-electron chi connectivity index (χ0n) is 6.20. The second-order valence-corrected chi connectivity index (χ2v) is 2.66. The Hall–Kier alpha value is -0.960. The van der Waals surface area contributed by atoms with Gasteiger partial charge in [-0.3, -0.25) is 4.79 Å². The first-order valence-corrected chi connectivity index (χ1v) is 3.56. The van der Waals surface area contributed by atoms with Crippen molar-refractivity contribution in [2.24, 2.45) is 0 Å². The highest BCUT2D eigenvalue weighted by Crippen LogP contribution is 2.21. The third-order valence-corrected chi connectivity index (χ3v) is 1.76. The second-order valence-electron chi connectivity index (χ2n) is 2.28. The van der Waals surface area contributed by atoms with Gasteiger partial charge in [0.2, 0.25) is 0 Å². The van der Waals surface area contributed by atoms with E-state index in [1.165, 1.54) is 6.92 Å². The topological polar surface area (TPSA) is 17.1 Å². The number of Topliss-reactive ketones (excluding diaryl/α,β-unsaturated/α-hetero) is 1. The summed E-state index contributed by atoms with van der Waals surface area (Å²) in [5, 5.41) is -0.636. The van der Waals surface area contributed by atoms with Crippen LogP contribution in [0, 0.1) is 11.6 Å². The van der Waals surface area contributed by atoms with Crippen molar-refractivity contribution in [3.05, 3.63) is 34.4 Å². The molecular formula is C8H5ClF2O. The van der Waals surface area contributed by atoms with Crippen molar-refractivity contribution >= 4 is 17.4 Å². The molecule has 0 unspecified atom stereocenters. The van der Waals surface area contributed by atoms with E-state index in [-0.39, 0.29) is 5.56 Å². The Balaban J connectivity index is 3.36. The van der Waals surface area contributed by atoms with Gasteiger partial charge in [0, 0.05) is 0 Å². The normalized spacial score (nSPS) is 10.0. The summed E-state index contributed by atoms with van der Waals surface area (Å²) >= 11 is 5.22. The zero-order valence-corrected chi connectivity index (χ0v) is 6.95. The number of carbonyl (C=O) groups excluding carboxylic acids is 1. The summed E-state index contributed by atoms with van der Waals surface area (Å²) in [4.78, 5) is 10.7. The Morgan fingerprint density at radius 3 is 2.50 bits per heavy atom. The number of rotatable bonds is 1. The number of hydrogen-bond acceptors (Lipinski definition) is 1. The molecule has 0 heterocycles. The smallest absolute Gasteiger partial charge is 0.162 e. The van der Waals surface area contributed by atoms with Gasteiger partial charge in [0.25, 0.3) is 0 Å². The highest BCUT2D eigenvalue weighted by molar-refractivity contribution is 6.31. The van der Waals surface area contributed by atoms with Crippen molar-refractivity contribution in [1.82, 2.24) is 0 Å². The van der Waals surface area contributed by atoms with E-state index < -0.39 is 22.4 Å². The van der Waals surface area contributed by atoms with Crippen LogP contribution in [-0.4, -0.2) is 5.78 Å². The van der Waals surface area contributed by atoms with E-state index in [9.17, 15) is 13.6 Å². The van der Waals surface area contributed by atoms with E-state index in [2.05, 4.69) is 0 Å². The van der Waals surface area contributed by atoms with Crippen molar-refractivity contribution in [3.63, 3.8) is 0 Å². The molecule has 0 atom stereocenters. The minimum absolute atomic E-state index is 0.193. The van der Waals surface area contributed by atoms with E-state index >= 15 is 0 Å². The Morgan fingerprint density at radius 2 is 2.00 bits per heavy atom. The van der Waals surface area contributed by atoms with Gasteiger partial charge in [0.15, 0.2) is 11.6 Å². The lowest BCUT2D eigenvalue weighted by Gasteiger charge is -2.00. The summed E-state index contributed by atoms with van der Waals surface area (Å²) in [6.45, 7) is 1.19. The van der Waals surface area contributed by atoms with Crippen molar-refractivity contribution < 1.29 is 13.6 Å². The van der Waals surface area contributed by atoms with Gasteiger partial charge < -0.3 is 0 Å². The van der Waals surface area contributed by atoms with Gasteiger partial charge in [-0.25, -0.2) is 8.78 Å². The molecule has 0 saturated heterocycles. The van der Waals surface area contributed by atoms with Crippen LogP contribution in [0.3, 0.4) is 0 Å². The maximum Gasteiger partial charge on any atom is 0.162 e. The summed E-state index contributed by atoms with van der Waals surface area (Å²) in [6.07, 6.45) is 0. The number of hydrogen-bond donors (Lipinski definition) is 0. The SMILES string of the molecule is CC(=O)c1ccc(F)c(Cl)c1F. The summed E-state index contributed by atoms with van der Waals surface area (Å²) in [5.41, 5.74) is -0.193. The van der Waals surface area contributed by atoms with Crippen LogP contribution >= 0.6 is 11.6 Å². The van der Waals surface area contributed by atoms with Crippen LogP contribution in [0.2, 0.25) is 5.02 Å². The van der Waals surface area contributed by atoms with E-state index in [1.807, 2.05) is 0 Å². The van der Waals surface area contributed by atoms with E-state index in [0.717, 1.165) is 12.1 Å². The van der Waals surface area contributed by atoms with Crippen molar-refractivity contribution in [2.45, 2.75) is 6.92 Å². The van der Waals surface area contributed by atoms with Crippen molar-refractivity contribution in [3.8, 4) is 0 Å². The molecule has 0 spiro atoms. The lowest BCUT2D eigenvalue weighted by atomic mass is 10.1. The molecule has 0 radical (unpaired) electrons. The van der Waals surface area contributed by atoms with E-state index in [1.54, 1.807) is 0 Å². The average Bonchev–Trinajstić information content (AvgIpc) is 2.00. The summed E-state index contributed by atoms with van der Waals surface area (Å²) in [6, 6.07) is 2.03. The van der Waals surface area contributed by atoms with Gasteiger partial charge in [-0.15, -0.1) is 0 Å². The molecule has 0 bridgehead atoms. The molecule has 1 aromatic rings. The standard InChI is InChI=1S/C8H5ClF2O/c1-4(12)5-2-3-6(10)7(9)8(5)11/h2-3H,1H3. The molecule has 1 aromatic carbocycles. The summed E-state index contributed by atoms with van der Waals surface area (Å²) in [5.74, 6) is -2.34. The molecule has 1 rings (SSSR count). The number of benzene rings is 1. The van der Waals surface area contributed by atoms with Gasteiger partial charge in [-0.05, 0) is 19.1 Å². The molecule has 64 valence electrons. The van der Waals surface area contributed by atoms with Crippen LogP contribution < -0.4 is 0 Å². The minimum atomic E-state index is -0.996. The molecular weight excluding hydrogens is 186 g/mol. The Bertz CT molecular complexity index is 336. The summed E-state index contributed by atoms with van der Waals surface area (Å²) in [7, 11) is 0. The Morgan fingerprint density at radius 1 is 1.42 bits per heavy atom. The van der Waals surface area contributed by atoms with E-state index in [0.29, 0.717) is 0 Å². The predicted octanol–water partition coefficient (Wildman–Crippen LogP) is 2.82. The number of halogens is 3. The van der Waals surface area contributed by atoms with Crippen LogP contribution in [0.1, 0.15) is 17.3 Å².